The van der Waals surface area contributed by atoms with E-state index in [4.69, 9.17) is 0 Å². The summed E-state index contributed by atoms with van der Waals surface area (Å²) in [7, 11) is 0. The van der Waals surface area contributed by atoms with E-state index in [9.17, 15) is 9.59 Å². The molecule has 0 unspecified atom stereocenters. The second-order valence-electron chi connectivity index (χ2n) is 6.43. The Balaban J connectivity index is 1.64. The molecule has 0 fully saturated rings. The van der Waals surface area contributed by atoms with E-state index in [0.29, 0.717) is 12.1 Å². The summed E-state index contributed by atoms with van der Waals surface area (Å²) in [6, 6.07) is 17.7. The van der Waals surface area contributed by atoms with Crippen molar-refractivity contribution < 1.29 is 4.79 Å². The van der Waals surface area contributed by atoms with Gasteiger partial charge in [0.05, 0.1) is 0 Å². The molecule has 5 heteroatoms. The molecule has 2 N–H and O–H groups in total. The largest absolute Gasteiger partial charge is 0.350 e. The first-order chi connectivity index (χ1) is 12.6. The minimum Gasteiger partial charge on any atom is -0.350 e. The summed E-state index contributed by atoms with van der Waals surface area (Å²) in [5.74, 6) is -0.128. The van der Waals surface area contributed by atoms with Crippen LogP contribution in [-0.2, 0) is 17.9 Å². The number of carbonyl (C=O) groups is 1. The highest BCUT2D eigenvalue weighted by Crippen LogP contribution is 2.26. The van der Waals surface area contributed by atoms with Crippen molar-refractivity contribution in [1.82, 2.24) is 14.9 Å². The van der Waals surface area contributed by atoms with Gasteiger partial charge in [0.1, 0.15) is 12.1 Å². The van der Waals surface area contributed by atoms with Gasteiger partial charge >= 0.3 is 0 Å². The van der Waals surface area contributed by atoms with Gasteiger partial charge in [0.25, 0.3) is 5.56 Å². The van der Waals surface area contributed by atoms with Crippen LogP contribution in [0.3, 0.4) is 0 Å². The van der Waals surface area contributed by atoms with E-state index in [1.54, 1.807) is 10.8 Å². The van der Waals surface area contributed by atoms with Crippen LogP contribution in [0.1, 0.15) is 11.1 Å². The third-order valence-corrected chi connectivity index (χ3v) is 4.60. The Kier molecular flexibility index (Phi) is 4.05. The second kappa shape index (κ2) is 6.52. The van der Waals surface area contributed by atoms with Crippen molar-refractivity contribution in [2.75, 3.05) is 0 Å². The Morgan fingerprint density at radius 1 is 1.04 bits per heavy atom. The monoisotopic (exact) mass is 345 g/mol. The van der Waals surface area contributed by atoms with Crippen LogP contribution in [0.2, 0.25) is 0 Å². The molecule has 2 aromatic carbocycles. The van der Waals surface area contributed by atoms with E-state index in [0.717, 1.165) is 21.9 Å². The van der Waals surface area contributed by atoms with Gasteiger partial charge in [-0.15, -0.1) is 0 Å². The summed E-state index contributed by atoms with van der Waals surface area (Å²) in [6.45, 7) is 2.59. The molecule has 0 saturated heterocycles. The maximum Gasteiger partial charge on any atom is 0.272 e. The zero-order chi connectivity index (χ0) is 18.1. The van der Waals surface area contributed by atoms with Gasteiger partial charge in [-0.05, 0) is 24.6 Å². The molecule has 0 aliphatic rings. The number of fused-ring (bicyclic) bond motifs is 3. The molecule has 0 aliphatic heterocycles. The number of pyridine rings is 1. The van der Waals surface area contributed by atoms with Gasteiger partial charge in [-0.1, -0.05) is 48.0 Å². The lowest BCUT2D eigenvalue weighted by molar-refractivity contribution is -0.121. The summed E-state index contributed by atoms with van der Waals surface area (Å²) in [5.41, 5.74) is 3.45. The van der Waals surface area contributed by atoms with E-state index in [1.165, 1.54) is 5.56 Å². The van der Waals surface area contributed by atoms with Crippen LogP contribution < -0.4 is 10.9 Å². The van der Waals surface area contributed by atoms with Crippen LogP contribution >= 0.6 is 0 Å². The molecule has 26 heavy (non-hydrogen) atoms. The summed E-state index contributed by atoms with van der Waals surface area (Å²) < 4.78 is 1.79. The first kappa shape index (κ1) is 16.1. The van der Waals surface area contributed by atoms with Crippen LogP contribution in [0.15, 0.2) is 65.6 Å². The molecule has 0 atom stereocenters. The second-order valence-corrected chi connectivity index (χ2v) is 6.43. The molecule has 0 bridgehead atoms. The first-order valence-electron chi connectivity index (χ1n) is 8.54. The Labute approximate surface area is 150 Å². The summed E-state index contributed by atoms with van der Waals surface area (Å²) in [5, 5.41) is 4.76. The highest BCUT2D eigenvalue weighted by Gasteiger charge is 2.15. The Morgan fingerprint density at radius 3 is 2.62 bits per heavy atom. The van der Waals surface area contributed by atoms with Gasteiger partial charge in [0, 0.05) is 29.0 Å². The maximum atomic E-state index is 12.5. The number of hydrogen-bond donors (Lipinski definition) is 2. The molecule has 130 valence electrons. The molecule has 1 amide bonds. The van der Waals surface area contributed by atoms with Gasteiger partial charge < -0.3 is 14.9 Å². The smallest absolute Gasteiger partial charge is 0.272 e. The molecule has 2 aromatic heterocycles. The lowest BCUT2D eigenvalue weighted by Gasteiger charge is -2.09. The van der Waals surface area contributed by atoms with Crippen molar-refractivity contribution in [3.05, 3.63) is 82.3 Å². The minimum absolute atomic E-state index is 0.100. The van der Waals surface area contributed by atoms with Crippen LogP contribution in [0.4, 0.5) is 0 Å². The molecular weight excluding hydrogens is 326 g/mol. The van der Waals surface area contributed by atoms with Crippen LogP contribution in [0.5, 0.6) is 0 Å². The average Bonchev–Trinajstić information content (AvgIpc) is 2.97. The van der Waals surface area contributed by atoms with E-state index in [1.807, 2.05) is 61.5 Å². The molecule has 4 aromatic rings. The number of nitrogens with zero attached hydrogens (tertiary/aromatic N) is 1. The number of nitrogens with one attached hydrogen (secondary N) is 2. The van der Waals surface area contributed by atoms with E-state index in [-0.39, 0.29) is 18.0 Å². The summed E-state index contributed by atoms with van der Waals surface area (Å²) >= 11 is 0. The normalized spacial score (nSPS) is 11.1. The van der Waals surface area contributed by atoms with Gasteiger partial charge in [-0.25, -0.2) is 0 Å². The fourth-order valence-corrected chi connectivity index (χ4v) is 3.28. The van der Waals surface area contributed by atoms with Crippen molar-refractivity contribution >= 4 is 27.7 Å². The molecule has 4 rings (SSSR count). The van der Waals surface area contributed by atoms with Crippen LogP contribution in [0.25, 0.3) is 21.8 Å². The highest BCUT2D eigenvalue weighted by molar-refractivity contribution is 6.08. The Hall–Kier alpha value is -3.34. The van der Waals surface area contributed by atoms with Gasteiger partial charge in [0.2, 0.25) is 5.91 Å². The molecule has 0 spiro atoms. The molecule has 0 radical (unpaired) electrons. The first-order valence-corrected chi connectivity index (χ1v) is 8.54. The van der Waals surface area contributed by atoms with Crippen molar-refractivity contribution in [2.24, 2.45) is 0 Å². The highest BCUT2D eigenvalue weighted by atomic mass is 16.2. The van der Waals surface area contributed by atoms with Crippen LogP contribution in [0, 0.1) is 6.92 Å². The Bertz CT molecular complexity index is 1150. The summed E-state index contributed by atoms with van der Waals surface area (Å²) in [4.78, 5) is 27.6. The Morgan fingerprint density at radius 2 is 1.81 bits per heavy atom. The average molecular weight is 345 g/mol. The number of aromatic nitrogens is 2. The number of hydrogen-bond acceptors (Lipinski definition) is 2. The number of para-hydroxylation sites is 1. The lowest BCUT2D eigenvalue weighted by atomic mass is 10.1. The third-order valence-electron chi connectivity index (χ3n) is 4.60. The number of aromatic amines is 1. The van der Waals surface area contributed by atoms with Gasteiger partial charge in [0.15, 0.2) is 0 Å². The van der Waals surface area contributed by atoms with Crippen LogP contribution in [-0.4, -0.2) is 15.5 Å². The number of benzene rings is 2. The topological polar surface area (TPSA) is 66.9 Å². The molecule has 2 heterocycles. The van der Waals surface area contributed by atoms with E-state index < -0.39 is 0 Å². The number of carbonyl (C=O) groups excluding carboxylic acids is 1. The number of aryl methyl sites for hydroxylation is 1. The van der Waals surface area contributed by atoms with E-state index in [2.05, 4.69) is 10.3 Å². The predicted molar refractivity (Wildman–Crippen MR) is 103 cm³/mol. The maximum absolute atomic E-state index is 12.5. The minimum atomic E-state index is -0.190. The van der Waals surface area contributed by atoms with Crippen molar-refractivity contribution in [3.63, 3.8) is 0 Å². The predicted octanol–water partition coefficient (Wildman–Crippen LogP) is 3.11. The number of H-pyrrole nitrogens is 1. The fourth-order valence-electron chi connectivity index (χ4n) is 3.28. The third kappa shape index (κ3) is 2.88. The molecule has 0 saturated carbocycles. The molecule has 0 aliphatic carbocycles. The summed E-state index contributed by atoms with van der Waals surface area (Å²) in [6.07, 6.45) is 1.64. The van der Waals surface area contributed by atoms with Crippen molar-refractivity contribution in [3.8, 4) is 0 Å². The number of rotatable bonds is 4. The van der Waals surface area contributed by atoms with Crippen molar-refractivity contribution in [1.29, 1.82) is 0 Å². The zero-order valence-corrected chi connectivity index (χ0v) is 14.5. The molecular formula is C21H19N3O2. The van der Waals surface area contributed by atoms with Gasteiger partial charge in [-0.3, -0.25) is 9.59 Å². The zero-order valence-electron chi connectivity index (χ0n) is 14.5. The number of amides is 1. The quantitative estimate of drug-likeness (QED) is 0.597. The standard InChI is InChI=1S/C21H19N3O2/c1-14-6-8-15(9-7-14)12-23-19(25)13-24-18-5-3-2-4-16(18)17-10-11-22-21(26)20(17)24/h2-11H,12-13H2,1H3,(H,22,26)(H,23,25). The fraction of sp³-hybridized carbons (Fsp3) is 0.143. The SMILES string of the molecule is Cc1ccc(CNC(=O)Cn2c3ccccc3c3cc[nH]c(=O)c32)cc1. The van der Waals surface area contributed by atoms with Gasteiger partial charge in [-0.2, -0.15) is 0 Å². The van der Waals surface area contributed by atoms with E-state index >= 15 is 0 Å². The van der Waals surface area contributed by atoms with Crippen molar-refractivity contribution in [2.45, 2.75) is 20.0 Å². The molecule has 5 nitrogen and oxygen atoms in total. The lowest BCUT2D eigenvalue weighted by Crippen LogP contribution is -2.27.